The molecular weight excluding hydrogens is 509 g/mol. The highest BCUT2D eigenvalue weighted by Gasteiger charge is 2.27. The van der Waals surface area contributed by atoms with Crippen molar-refractivity contribution in [1.82, 2.24) is 15.0 Å². The molecule has 1 amide bonds. The Kier molecular flexibility index (Phi) is 6.60. The number of carbonyl (C=O) groups is 1. The molecule has 0 spiro atoms. The van der Waals surface area contributed by atoms with Crippen LogP contribution in [0.1, 0.15) is 21.7 Å². The Hall–Kier alpha value is -3.32. The largest absolute Gasteiger partial charge is 0.301 e. The first kappa shape index (κ1) is 23.3. The quantitative estimate of drug-likeness (QED) is 0.354. The Morgan fingerprint density at radius 1 is 1.25 bits per heavy atom. The third kappa shape index (κ3) is 4.94. The predicted molar refractivity (Wildman–Crippen MR) is 115 cm³/mol. The van der Waals surface area contributed by atoms with Gasteiger partial charge in [0.1, 0.15) is 16.1 Å². The molecule has 13 heteroatoms. The van der Waals surface area contributed by atoms with Crippen molar-refractivity contribution >= 4 is 43.0 Å². The van der Waals surface area contributed by atoms with Crippen molar-refractivity contribution in [3.63, 3.8) is 0 Å². The van der Waals surface area contributed by atoms with E-state index in [1.54, 1.807) is 6.92 Å². The summed E-state index contributed by atoms with van der Waals surface area (Å²) >= 11 is 2.83. The highest BCUT2D eigenvalue weighted by atomic mass is 79.9. The number of halogens is 2. The molecule has 0 aliphatic carbocycles. The van der Waals surface area contributed by atoms with Crippen LogP contribution in [0, 0.1) is 22.9 Å². The molecule has 0 N–H and O–H groups in total. The minimum absolute atomic E-state index is 0.0333. The van der Waals surface area contributed by atoms with Gasteiger partial charge in [-0.3, -0.25) is 14.9 Å². The molecule has 10 nitrogen and oxygen atoms in total. The second kappa shape index (κ2) is 9.04. The van der Waals surface area contributed by atoms with Crippen LogP contribution in [0.3, 0.4) is 0 Å². The van der Waals surface area contributed by atoms with Gasteiger partial charge in [-0.25, -0.2) is 27.8 Å². The van der Waals surface area contributed by atoms with E-state index in [0.29, 0.717) is 5.82 Å². The van der Waals surface area contributed by atoms with Crippen LogP contribution in [0.4, 0.5) is 15.8 Å². The average molecular weight is 524 g/mol. The van der Waals surface area contributed by atoms with Crippen molar-refractivity contribution in [1.29, 1.82) is 0 Å². The molecule has 0 saturated carbocycles. The van der Waals surface area contributed by atoms with Crippen LogP contribution in [0.2, 0.25) is 0 Å². The van der Waals surface area contributed by atoms with E-state index in [2.05, 4.69) is 30.9 Å². The Morgan fingerprint density at radius 2 is 1.91 bits per heavy atom. The highest BCUT2D eigenvalue weighted by molar-refractivity contribution is 9.10. The summed E-state index contributed by atoms with van der Waals surface area (Å²) in [5.41, 5.74) is -0.528. The molecular formula is C19H15BrFN5O5S. The molecule has 3 rings (SSSR count). The maximum Gasteiger partial charge on any atom is 0.286 e. The molecule has 0 fully saturated rings. The maximum absolute atomic E-state index is 14.3. The molecule has 166 valence electrons. The van der Waals surface area contributed by atoms with Crippen molar-refractivity contribution in [3.05, 3.63) is 80.2 Å². The van der Waals surface area contributed by atoms with E-state index in [1.165, 1.54) is 30.7 Å². The van der Waals surface area contributed by atoms with E-state index in [9.17, 15) is 27.7 Å². The second-order valence-corrected chi connectivity index (χ2v) is 9.40. The van der Waals surface area contributed by atoms with Gasteiger partial charge in [0, 0.05) is 30.9 Å². The number of anilines is 1. The van der Waals surface area contributed by atoms with E-state index in [4.69, 9.17) is 0 Å². The zero-order valence-corrected chi connectivity index (χ0v) is 19.1. The van der Waals surface area contributed by atoms with Gasteiger partial charge in [-0.15, -0.1) is 0 Å². The fraction of sp³-hybridized carbons (Fsp3) is 0.158. The lowest BCUT2D eigenvalue weighted by Crippen LogP contribution is -2.32. The van der Waals surface area contributed by atoms with Gasteiger partial charge in [-0.2, -0.15) is 0 Å². The number of pyridine rings is 1. The van der Waals surface area contributed by atoms with E-state index < -0.39 is 32.2 Å². The predicted octanol–water partition coefficient (Wildman–Crippen LogP) is 3.24. The topological polar surface area (TPSA) is 136 Å². The number of hydrogen-bond donors (Lipinski definition) is 0. The van der Waals surface area contributed by atoms with Crippen molar-refractivity contribution in [2.24, 2.45) is 0 Å². The van der Waals surface area contributed by atoms with Crippen molar-refractivity contribution in [2.45, 2.75) is 18.5 Å². The summed E-state index contributed by atoms with van der Waals surface area (Å²) in [6.45, 7) is 1.24. The van der Waals surface area contributed by atoms with Gasteiger partial charge < -0.3 is 4.90 Å². The van der Waals surface area contributed by atoms with E-state index in [-0.39, 0.29) is 32.9 Å². The van der Waals surface area contributed by atoms with Crippen LogP contribution >= 0.6 is 15.9 Å². The third-order valence-corrected chi connectivity index (χ3v) is 6.07. The molecule has 0 aliphatic heterocycles. The zero-order chi connectivity index (χ0) is 23.6. The van der Waals surface area contributed by atoms with Gasteiger partial charge in [-0.05, 0) is 46.6 Å². The lowest BCUT2D eigenvalue weighted by Gasteiger charge is -2.24. The number of nitro groups is 1. The Balaban J connectivity index is 2.18. The first-order valence-electron chi connectivity index (χ1n) is 8.87. The molecule has 0 aliphatic rings. The standard InChI is InChI=1S/C19H15BrFN5O5S/c1-11-23-8-13(9-24-11)19(27)25(15-4-3-5-22-18(15)32(2,30)31)10-12-6-14(21)17(20)16(7-12)26(28)29/h3-9H,10H2,1-2H3. The van der Waals surface area contributed by atoms with Gasteiger partial charge in [0.25, 0.3) is 11.6 Å². The lowest BCUT2D eigenvalue weighted by molar-refractivity contribution is -0.385. The van der Waals surface area contributed by atoms with Crippen molar-refractivity contribution < 1.29 is 22.5 Å². The van der Waals surface area contributed by atoms with E-state index in [0.717, 1.165) is 23.3 Å². The number of benzene rings is 1. The monoisotopic (exact) mass is 523 g/mol. The summed E-state index contributed by atoms with van der Waals surface area (Å²) in [5, 5.41) is 10.9. The van der Waals surface area contributed by atoms with Crippen molar-refractivity contribution in [2.75, 3.05) is 11.2 Å². The third-order valence-electron chi connectivity index (χ3n) is 4.27. The minimum atomic E-state index is -3.86. The first-order chi connectivity index (χ1) is 15.0. The lowest BCUT2D eigenvalue weighted by atomic mass is 10.1. The van der Waals surface area contributed by atoms with Gasteiger partial charge in [0.15, 0.2) is 14.9 Å². The van der Waals surface area contributed by atoms with E-state index in [1.807, 2.05) is 0 Å². The Morgan fingerprint density at radius 3 is 2.50 bits per heavy atom. The van der Waals surface area contributed by atoms with Gasteiger partial charge >= 0.3 is 0 Å². The van der Waals surface area contributed by atoms with Crippen LogP contribution in [-0.2, 0) is 16.4 Å². The summed E-state index contributed by atoms with van der Waals surface area (Å²) in [7, 11) is -3.86. The zero-order valence-electron chi connectivity index (χ0n) is 16.7. The summed E-state index contributed by atoms with van der Waals surface area (Å²) in [6.07, 6.45) is 4.71. The highest BCUT2D eigenvalue weighted by Crippen LogP contribution is 2.31. The van der Waals surface area contributed by atoms with Crippen LogP contribution in [0.5, 0.6) is 0 Å². The Bertz CT molecular complexity index is 1320. The summed E-state index contributed by atoms with van der Waals surface area (Å²) in [4.78, 5) is 36.6. The van der Waals surface area contributed by atoms with Crippen LogP contribution < -0.4 is 4.90 Å². The smallest absolute Gasteiger partial charge is 0.286 e. The molecule has 0 atom stereocenters. The summed E-state index contributed by atoms with van der Waals surface area (Å²) in [6, 6.07) is 4.90. The van der Waals surface area contributed by atoms with Crippen LogP contribution in [-0.4, -0.2) is 40.5 Å². The van der Waals surface area contributed by atoms with Gasteiger partial charge in [0.05, 0.1) is 22.7 Å². The number of aromatic nitrogens is 3. The number of rotatable bonds is 6. The van der Waals surface area contributed by atoms with Crippen molar-refractivity contribution in [3.8, 4) is 0 Å². The molecule has 1 aromatic carbocycles. The Labute approximate surface area is 190 Å². The molecule has 0 saturated heterocycles. The molecule has 3 aromatic rings. The van der Waals surface area contributed by atoms with Gasteiger partial charge in [-0.1, -0.05) is 0 Å². The molecule has 0 radical (unpaired) electrons. The molecule has 2 heterocycles. The molecule has 0 bridgehead atoms. The first-order valence-corrected chi connectivity index (χ1v) is 11.6. The summed E-state index contributed by atoms with van der Waals surface area (Å²) < 4.78 is 38.5. The molecule has 32 heavy (non-hydrogen) atoms. The number of sulfone groups is 1. The van der Waals surface area contributed by atoms with E-state index >= 15 is 0 Å². The average Bonchev–Trinajstić information content (AvgIpc) is 2.73. The SMILES string of the molecule is Cc1ncc(C(=O)N(Cc2cc(F)c(Br)c([N+](=O)[O-])c2)c2cccnc2S(C)(=O)=O)cn1. The minimum Gasteiger partial charge on any atom is -0.301 e. The normalized spacial score (nSPS) is 11.2. The number of hydrogen-bond acceptors (Lipinski definition) is 8. The number of aryl methyl sites for hydroxylation is 1. The number of amides is 1. The number of nitro benzene ring substituents is 1. The van der Waals surface area contributed by atoms with Crippen LogP contribution in [0.15, 0.2) is 52.4 Å². The van der Waals surface area contributed by atoms with Gasteiger partial charge in [0.2, 0.25) is 0 Å². The molecule has 0 unspecified atom stereocenters. The van der Waals surface area contributed by atoms with Crippen LogP contribution in [0.25, 0.3) is 0 Å². The molecule has 2 aromatic heterocycles. The number of carbonyl (C=O) groups excluding carboxylic acids is 1. The summed E-state index contributed by atoms with van der Waals surface area (Å²) in [5.74, 6) is -1.19. The fourth-order valence-electron chi connectivity index (χ4n) is 2.83. The fourth-order valence-corrected chi connectivity index (χ4v) is 4.02. The maximum atomic E-state index is 14.3. The number of nitrogens with zero attached hydrogens (tertiary/aromatic N) is 5. The second-order valence-electron chi connectivity index (χ2n) is 6.68.